The van der Waals surface area contributed by atoms with E-state index in [2.05, 4.69) is 42.9 Å². The summed E-state index contributed by atoms with van der Waals surface area (Å²) in [6.07, 6.45) is 3.55. The van der Waals surface area contributed by atoms with Crippen molar-refractivity contribution in [1.29, 1.82) is 0 Å². The predicted octanol–water partition coefficient (Wildman–Crippen LogP) is 2.88. The van der Waals surface area contributed by atoms with Crippen LogP contribution in [0.2, 0.25) is 0 Å². The molecule has 3 nitrogen and oxygen atoms in total. The van der Waals surface area contributed by atoms with E-state index in [4.69, 9.17) is 0 Å². The Hall–Kier alpha value is -0.870. The quantitative estimate of drug-likeness (QED) is 0.871. The van der Waals surface area contributed by atoms with E-state index in [9.17, 15) is 4.79 Å². The van der Waals surface area contributed by atoms with E-state index >= 15 is 0 Å². The Morgan fingerprint density at radius 1 is 1.47 bits per heavy atom. The van der Waals surface area contributed by atoms with Gasteiger partial charge >= 0.3 is 0 Å². The summed E-state index contributed by atoms with van der Waals surface area (Å²) in [5.74, 6) is 0.575. The maximum absolute atomic E-state index is 11.9. The summed E-state index contributed by atoms with van der Waals surface area (Å²) in [5.41, 5.74) is 1.40. The summed E-state index contributed by atoms with van der Waals surface area (Å²) < 4.78 is 0. The van der Waals surface area contributed by atoms with Gasteiger partial charge in [0.2, 0.25) is 5.91 Å². The summed E-state index contributed by atoms with van der Waals surface area (Å²) in [4.78, 5) is 13.4. The smallest absolute Gasteiger partial charge is 0.234 e. The molecule has 0 bridgehead atoms. The van der Waals surface area contributed by atoms with Gasteiger partial charge in [-0.2, -0.15) is 0 Å². The van der Waals surface area contributed by atoms with Gasteiger partial charge in [-0.1, -0.05) is 13.8 Å². The van der Waals surface area contributed by atoms with Crippen molar-refractivity contribution >= 4 is 17.2 Å². The lowest BCUT2D eigenvalue weighted by molar-refractivity contribution is -0.121. The second-order valence-corrected chi connectivity index (χ2v) is 6.73. The number of nitrogens with one attached hydrogen (secondary N) is 2. The van der Waals surface area contributed by atoms with Crippen molar-refractivity contribution in [2.45, 2.75) is 52.1 Å². The molecule has 2 atom stereocenters. The van der Waals surface area contributed by atoms with Crippen molar-refractivity contribution < 1.29 is 4.79 Å². The molecule has 1 aliphatic rings. The van der Waals surface area contributed by atoms with Crippen LogP contribution >= 0.6 is 11.3 Å². The highest BCUT2D eigenvalue weighted by Crippen LogP contribution is 2.32. The van der Waals surface area contributed by atoms with Crippen LogP contribution in [0.5, 0.6) is 0 Å². The molecule has 2 N–H and O–H groups in total. The molecule has 4 heteroatoms. The minimum atomic E-state index is 0.101. The second-order valence-electron chi connectivity index (χ2n) is 5.73. The van der Waals surface area contributed by atoms with Gasteiger partial charge in [0.1, 0.15) is 0 Å². The number of fused-ring (bicyclic) bond motifs is 1. The molecule has 1 heterocycles. The monoisotopic (exact) mass is 280 g/mol. The fourth-order valence-electron chi connectivity index (χ4n) is 2.39. The van der Waals surface area contributed by atoms with E-state index in [0.717, 1.165) is 6.42 Å². The molecular formula is C15H24N2OS. The van der Waals surface area contributed by atoms with Gasteiger partial charge in [-0.15, -0.1) is 11.3 Å². The molecular weight excluding hydrogens is 256 g/mol. The second kappa shape index (κ2) is 6.53. The van der Waals surface area contributed by atoms with Crippen molar-refractivity contribution in [2.24, 2.45) is 5.92 Å². The maximum Gasteiger partial charge on any atom is 0.234 e. The van der Waals surface area contributed by atoms with Crippen LogP contribution in [0.3, 0.4) is 0 Å². The minimum Gasteiger partial charge on any atom is -0.352 e. The van der Waals surface area contributed by atoms with Gasteiger partial charge in [-0.3, -0.25) is 4.79 Å². The third-order valence-corrected chi connectivity index (χ3v) is 4.95. The summed E-state index contributed by atoms with van der Waals surface area (Å²) >= 11 is 1.84. The van der Waals surface area contributed by atoms with Crippen molar-refractivity contribution in [1.82, 2.24) is 10.6 Å². The molecule has 2 rings (SSSR count). The van der Waals surface area contributed by atoms with Crippen LogP contribution in [0.15, 0.2) is 11.4 Å². The normalized spacial score (nSPS) is 20.1. The molecule has 19 heavy (non-hydrogen) atoms. The molecule has 0 aromatic carbocycles. The zero-order chi connectivity index (χ0) is 13.8. The molecule has 0 saturated carbocycles. The van der Waals surface area contributed by atoms with Crippen molar-refractivity contribution in [3.05, 3.63) is 21.9 Å². The first kappa shape index (κ1) is 14.5. The zero-order valence-corrected chi connectivity index (χ0v) is 12.8. The van der Waals surface area contributed by atoms with Gasteiger partial charge in [0.05, 0.1) is 6.54 Å². The largest absolute Gasteiger partial charge is 0.352 e. The van der Waals surface area contributed by atoms with Crippen LogP contribution in [-0.2, 0) is 11.2 Å². The van der Waals surface area contributed by atoms with Gasteiger partial charge in [-0.05, 0) is 49.1 Å². The lowest BCUT2D eigenvalue weighted by Gasteiger charge is -2.24. The lowest BCUT2D eigenvalue weighted by Crippen LogP contribution is -2.42. The zero-order valence-electron chi connectivity index (χ0n) is 12.0. The van der Waals surface area contributed by atoms with Crippen LogP contribution in [0.25, 0.3) is 0 Å². The van der Waals surface area contributed by atoms with Crippen LogP contribution < -0.4 is 10.6 Å². The SMILES string of the molecule is CC(C)C(C)NC(=O)CNC1CCCc2sccc21. The molecule has 1 amide bonds. The molecule has 0 aliphatic heterocycles. The van der Waals surface area contributed by atoms with Crippen molar-refractivity contribution in [3.8, 4) is 0 Å². The number of amides is 1. The Bertz CT molecular complexity index is 428. The first-order chi connectivity index (χ1) is 9.08. The molecule has 0 spiro atoms. The third kappa shape index (κ3) is 3.80. The molecule has 0 saturated heterocycles. The van der Waals surface area contributed by atoms with Gasteiger partial charge in [0.15, 0.2) is 0 Å². The maximum atomic E-state index is 11.9. The Morgan fingerprint density at radius 2 is 2.26 bits per heavy atom. The minimum absolute atomic E-state index is 0.101. The van der Waals surface area contributed by atoms with Crippen LogP contribution in [-0.4, -0.2) is 18.5 Å². The first-order valence-corrected chi connectivity index (χ1v) is 8.05. The summed E-state index contributed by atoms with van der Waals surface area (Å²) in [6, 6.07) is 2.79. The third-order valence-electron chi connectivity index (χ3n) is 3.95. The molecule has 0 radical (unpaired) electrons. The highest BCUT2D eigenvalue weighted by atomic mass is 32.1. The molecule has 1 aromatic heterocycles. The lowest BCUT2D eigenvalue weighted by atomic mass is 9.94. The predicted molar refractivity (Wildman–Crippen MR) is 80.4 cm³/mol. The fourth-order valence-corrected chi connectivity index (χ4v) is 3.37. The number of aryl methyl sites for hydroxylation is 1. The number of carbonyl (C=O) groups excluding carboxylic acids is 1. The van der Waals surface area contributed by atoms with E-state index in [1.54, 1.807) is 0 Å². The van der Waals surface area contributed by atoms with E-state index < -0.39 is 0 Å². The highest BCUT2D eigenvalue weighted by Gasteiger charge is 2.21. The van der Waals surface area contributed by atoms with Gasteiger partial charge in [-0.25, -0.2) is 0 Å². The van der Waals surface area contributed by atoms with Gasteiger partial charge in [0.25, 0.3) is 0 Å². The molecule has 106 valence electrons. The fraction of sp³-hybridized carbons (Fsp3) is 0.667. The van der Waals surface area contributed by atoms with Crippen LogP contribution in [0.1, 0.15) is 50.1 Å². The average molecular weight is 280 g/mol. The number of thiophene rings is 1. The van der Waals surface area contributed by atoms with Gasteiger partial charge in [0, 0.05) is 17.0 Å². The van der Waals surface area contributed by atoms with Crippen molar-refractivity contribution in [3.63, 3.8) is 0 Å². The summed E-state index contributed by atoms with van der Waals surface area (Å²) in [7, 11) is 0. The Kier molecular flexibility index (Phi) is 4.99. The number of hydrogen-bond donors (Lipinski definition) is 2. The van der Waals surface area contributed by atoms with E-state index in [1.807, 2.05) is 11.3 Å². The molecule has 1 aromatic rings. The van der Waals surface area contributed by atoms with E-state index in [1.165, 1.54) is 23.3 Å². The number of rotatable bonds is 5. The highest BCUT2D eigenvalue weighted by molar-refractivity contribution is 7.10. The summed E-state index contributed by atoms with van der Waals surface area (Å²) in [6.45, 7) is 6.71. The van der Waals surface area contributed by atoms with Gasteiger partial charge < -0.3 is 10.6 Å². The molecule has 2 unspecified atom stereocenters. The summed E-state index contributed by atoms with van der Waals surface area (Å²) in [5, 5.41) is 8.60. The number of hydrogen-bond acceptors (Lipinski definition) is 3. The number of carbonyl (C=O) groups is 1. The Labute approximate surface area is 119 Å². The Morgan fingerprint density at radius 3 is 3.00 bits per heavy atom. The molecule has 0 fully saturated rings. The first-order valence-electron chi connectivity index (χ1n) is 7.17. The topological polar surface area (TPSA) is 41.1 Å². The average Bonchev–Trinajstić information content (AvgIpc) is 2.84. The van der Waals surface area contributed by atoms with Crippen LogP contribution in [0, 0.1) is 5.92 Å². The van der Waals surface area contributed by atoms with Crippen LogP contribution in [0.4, 0.5) is 0 Å². The Balaban J connectivity index is 1.82. The molecule has 1 aliphatic carbocycles. The standard InChI is InChI=1S/C15H24N2OS/c1-10(2)11(3)17-15(18)9-16-13-5-4-6-14-12(13)7-8-19-14/h7-8,10-11,13,16H,4-6,9H2,1-3H3,(H,17,18). The van der Waals surface area contributed by atoms with Crippen molar-refractivity contribution in [2.75, 3.05) is 6.54 Å². The van der Waals surface area contributed by atoms with E-state index in [-0.39, 0.29) is 11.9 Å². The van der Waals surface area contributed by atoms with E-state index in [0.29, 0.717) is 18.5 Å².